The molecule has 0 radical (unpaired) electrons. The average molecular weight is 259 g/mol. The predicted octanol–water partition coefficient (Wildman–Crippen LogP) is 1.56. The van der Waals surface area contributed by atoms with Gasteiger partial charge in [-0.05, 0) is 24.9 Å². The first-order chi connectivity index (χ1) is 9.40. The normalized spacial score (nSPS) is 25.8. The highest BCUT2D eigenvalue weighted by molar-refractivity contribution is 5.14. The first-order valence-electron chi connectivity index (χ1n) is 7.62. The lowest BCUT2D eigenvalue weighted by Crippen LogP contribution is -2.49. The highest BCUT2D eigenvalue weighted by atomic mass is 15.3. The second-order valence-electron chi connectivity index (χ2n) is 5.86. The van der Waals surface area contributed by atoms with E-state index in [1.807, 2.05) is 0 Å². The molecular weight excluding hydrogens is 234 g/mol. The van der Waals surface area contributed by atoms with Crippen molar-refractivity contribution >= 4 is 0 Å². The van der Waals surface area contributed by atoms with Gasteiger partial charge in [-0.1, -0.05) is 30.3 Å². The lowest BCUT2D eigenvalue weighted by atomic mass is 10.1. The number of rotatable bonds is 4. The Bertz CT molecular complexity index is 365. The Morgan fingerprint density at radius 1 is 1.00 bits per heavy atom. The van der Waals surface area contributed by atoms with Crippen molar-refractivity contribution in [2.24, 2.45) is 0 Å². The van der Waals surface area contributed by atoms with Crippen LogP contribution in [0.25, 0.3) is 0 Å². The molecule has 0 bridgehead atoms. The van der Waals surface area contributed by atoms with E-state index >= 15 is 0 Å². The van der Waals surface area contributed by atoms with E-state index in [1.54, 1.807) is 0 Å². The Morgan fingerprint density at radius 2 is 1.74 bits per heavy atom. The van der Waals surface area contributed by atoms with Crippen molar-refractivity contribution in [1.29, 1.82) is 0 Å². The Hall–Kier alpha value is -0.900. The van der Waals surface area contributed by atoms with Crippen LogP contribution in [0.2, 0.25) is 0 Å². The summed E-state index contributed by atoms with van der Waals surface area (Å²) in [6.07, 6.45) is 2.73. The fourth-order valence-electron chi connectivity index (χ4n) is 3.20. The Kier molecular flexibility index (Phi) is 4.49. The molecule has 3 nitrogen and oxygen atoms in total. The van der Waals surface area contributed by atoms with Gasteiger partial charge in [0.05, 0.1) is 0 Å². The molecule has 0 unspecified atom stereocenters. The van der Waals surface area contributed by atoms with E-state index in [4.69, 9.17) is 0 Å². The zero-order chi connectivity index (χ0) is 12.9. The van der Waals surface area contributed by atoms with E-state index in [-0.39, 0.29) is 0 Å². The minimum atomic E-state index is 0.751. The molecule has 2 fully saturated rings. The third-order valence-corrected chi connectivity index (χ3v) is 4.35. The fourth-order valence-corrected chi connectivity index (χ4v) is 3.20. The van der Waals surface area contributed by atoms with E-state index in [0.717, 1.165) is 12.6 Å². The van der Waals surface area contributed by atoms with Crippen molar-refractivity contribution in [3.8, 4) is 0 Å². The molecule has 2 aliphatic heterocycles. The smallest absolute Gasteiger partial charge is 0.0234 e. The number of hydrogen-bond donors (Lipinski definition) is 1. The third kappa shape index (κ3) is 3.78. The minimum Gasteiger partial charge on any atom is -0.313 e. The van der Waals surface area contributed by atoms with E-state index in [2.05, 4.69) is 45.4 Å². The highest BCUT2D eigenvalue weighted by Gasteiger charge is 2.21. The van der Waals surface area contributed by atoms with Crippen LogP contribution in [0.15, 0.2) is 30.3 Å². The molecule has 1 aromatic rings. The molecule has 1 atom stereocenters. The summed E-state index contributed by atoms with van der Waals surface area (Å²) in [5.41, 5.74) is 1.44. The van der Waals surface area contributed by atoms with Gasteiger partial charge in [0, 0.05) is 45.3 Å². The molecule has 0 aromatic heterocycles. The molecule has 0 amide bonds. The number of nitrogens with zero attached hydrogens (tertiary/aromatic N) is 2. The molecule has 0 aliphatic carbocycles. The minimum absolute atomic E-state index is 0.751. The monoisotopic (exact) mass is 259 g/mol. The summed E-state index contributed by atoms with van der Waals surface area (Å²) in [7, 11) is 0. The van der Waals surface area contributed by atoms with Crippen LogP contribution < -0.4 is 5.32 Å². The van der Waals surface area contributed by atoms with E-state index < -0.39 is 0 Å². The van der Waals surface area contributed by atoms with Crippen LogP contribution in [-0.2, 0) is 6.54 Å². The topological polar surface area (TPSA) is 18.5 Å². The van der Waals surface area contributed by atoms with E-state index in [9.17, 15) is 0 Å². The standard InChI is InChI=1S/C16H25N3/c1-2-5-15(6-3-1)13-18-9-11-19(12-10-18)14-16-7-4-8-17-16/h1-3,5-6,16-17H,4,7-14H2/t16-/m0/s1. The molecular formula is C16H25N3. The molecule has 0 spiro atoms. The Labute approximate surface area is 116 Å². The zero-order valence-electron chi connectivity index (χ0n) is 11.7. The third-order valence-electron chi connectivity index (χ3n) is 4.35. The lowest BCUT2D eigenvalue weighted by Gasteiger charge is -2.36. The van der Waals surface area contributed by atoms with Crippen LogP contribution in [-0.4, -0.2) is 55.1 Å². The largest absolute Gasteiger partial charge is 0.313 e. The van der Waals surface area contributed by atoms with Gasteiger partial charge in [0.1, 0.15) is 0 Å². The van der Waals surface area contributed by atoms with Gasteiger partial charge in [-0.2, -0.15) is 0 Å². The average Bonchev–Trinajstić information content (AvgIpc) is 2.95. The van der Waals surface area contributed by atoms with Gasteiger partial charge in [0.2, 0.25) is 0 Å². The van der Waals surface area contributed by atoms with Gasteiger partial charge in [0.25, 0.3) is 0 Å². The molecule has 3 rings (SSSR count). The summed E-state index contributed by atoms with van der Waals surface area (Å²) in [5.74, 6) is 0. The number of benzene rings is 1. The SMILES string of the molecule is c1ccc(CN2CCN(C[C@@H]3CCCN3)CC2)cc1. The molecule has 1 N–H and O–H groups in total. The van der Waals surface area contributed by atoms with Gasteiger partial charge >= 0.3 is 0 Å². The summed E-state index contributed by atoms with van der Waals surface area (Å²) in [6.45, 7) is 8.45. The maximum atomic E-state index is 3.60. The molecule has 19 heavy (non-hydrogen) atoms. The molecule has 2 heterocycles. The molecule has 1 aromatic carbocycles. The lowest BCUT2D eigenvalue weighted by molar-refractivity contribution is 0.120. The molecule has 0 saturated carbocycles. The van der Waals surface area contributed by atoms with Gasteiger partial charge < -0.3 is 5.32 Å². The van der Waals surface area contributed by atoms with Crippen LogP contribution in [0.5, 0.6) is 0 Å². The predicted molar refractivity (Wildman–Crippen MR) is 79.2 cm³/mol. The Balaban J connectivity index is 1.41. The van der Waals surface area contributed by atoms with Crippen molar-refractivity contribution in [1.82, 2.24) is 15.1 Å². The molecule has 3 heteroatoms. The second-order valence-corrected chi connectivity index (χ2v) is 5.86. The first-order valence-corrected chi connectivity index (χ1v) is 7.62. The summed E-state index contributed by atoms with van der Waals surface area (Å²) >= 11 is 0. The maximum absolute atomic E-state index is 3.60. The van der Waals surface area contributed by atoms with Crippen LogP contribution in [0.1, 0.15) is 18.4 Å². The fraction of sp³-hybridized carbons (Fsp3) is 0.625. The molecule has 2 saturated heterocycles. The first kappa shape index (κ1) is 13.1. The highest BCUT2D eigenvalue weighted by Crippen LogP contribution is 2.11. The van der Waals surface area contributed by atoms with Crippen LogP contribution >= 0.6 is 0 Å². The van der Waals surface area contributed by atoms with Gasteiger partial charge in [-0.3, -0.25) is 9.80 Å². The zero-order valence-corrected chi connectivity index (χ0v) is 11.7. The van der Waals surface area contributed by atoms with Gasteiger partial charge in [0.15, 0.2) is 0 Å². The number of piperazine rings is 1. The summed E-state index contributed by atoms with van der Waals surface area (Å²) in [4.78, 5) is 5.21. The van der Waals surface area contributed by atoms with Crippen molar-refractivity contribution in [2.75, 3.05) is 39.3 Å². The second kappa shape index (κ2) is 6.51. The van der Waals surface area contributed by atoms with Crippen molar-refractivity contribution in [2.45, 2.75) is 25.4 Å². The van der Waals surface area contributed by atoms with E-state index in [0.29, 0.717) is 0 Å². The number of hydrogen-bond acceptors (Lipinski definition) is 3. The molecule has 2 aliphatic rings. The van der Waals surface area contributed by atoms with Gasteiger partial charge in [-0.15, -0.1) is 0 Å². The summed E-state index contributed by atoms with van der Waals surface area (Å²) in [6, 6.07) is 11.6. The van der Waals surface area contributed by atoms with Gasteiger partial charge in [-0.25, -0.2) is 0 Å². The quantitative estimate of drug-likeness (QED) is 0.885. The van der Waals surface area contributed by atoms with Crippen LogP contribution in [0.3, 0.4) is 0 Å². The number of nitrogens with one attached hydrogen (secondary N) is 1. The maximum Gasteiger partial charge on any atom is 0.0234 e. The van der Waals surface area contributed by atoms with Crippen LogP contribution in [0.4, 0.5) is 0 Å². The van der Waals surface area contributed by atoms with Crippen molar-refractivity contribution < 1.29 is 0 Å². The summed E-state index contributed by atoms with van der Waals surface area (Å²) < 4.78 is 0. The molecule has 104 valence electrons. The Morgan fingerprint density at radius 3 is 2.42 bits per heavy atom. The van der Waals surface area contributed by atoms with Crippen molar-refractivity contribution in [3.63, 3.8) is 0 Å². The van der Waals surface area contributed by atoms with Crippen LogP contribution in [0, 0.1) is 0 Å². The van der Waals surface area contributed by atoms with Crippen molar-refractivity contribution in [3.05, 3.63) is 35.9 Å². The summed E-state index contributed by atoms with van der Waals surface area (Å²) in [5, 5.41) is 3.60. The van der Waals surface area contributed by atoms with E-state index in [1.165, 1.54) is 57.7 Å².